The van der Waals surface area contributed by atoms with Gasteiger partial charge in [-0.05, 0) is 19.3 Å². The maximum Gasteiger partial charge on any atom is 0.235 e. The second-order valence-electron chi connectivity index (χ2n) is 5.95. The van der Waals surface area contributed by atoms with E-state index in [0.29, 0.717) is 4.99 Å². The molecule has 0 aromatic heterocycles. The molecule has 1 aliphatic carbocycles. The molecule has 2 rings (SSSR count). The van der Waals surface area contributed by atoms with E-state index in [9.17, 15) is 4.79 Å². The van der Waals surface area contributed by atoms with Gasteiger partial charge in [0.1, 0.15) is 0 Å². The zero-order valence-electron chi connectivity index (χ0n) is 11.2. The van der Waals surface area contributed by atoms with Gasteiger partial charge in [0.05, 0.1) is 10.4 Å². The van der Waals surface area contributed by atoms with E-state index in [4.69, 9.17) is 18.0 Å². The fourth-order valence-electron chi connectivity index (χ4n) is 2.62. The molecule has 0 bridgehead atoms. The van der Waals surface area contributed by atoms with Crippen molar-refractivity contribution in [3.8, 4) is 0 Å². The maximum atomic E-state index is 12.7. The van der Waals surface area contributed by atoms with Crippen LogP contribution in [0.1, 0.15) is 39.5 Å². The van der Waals surface area contributed by atoms with E-state index >= 15 is 0 Å². The van der Waals surface area contributed by atoms with Crippen molar-refractivity contribution < 1.29 is 4.79 Å². The Bertz CT molecular complexity index is 364. The molecule has 2 aliphatic rings. The molecule has 0 unspecified atom stereocenters. The van der Waals surface area contributed by atoms with Crippen molar-refractivity contribution >= 4 is 34.9 Å². The number of nitrogens with zero attached hydrogens (tertiary/aromatic N) is 1. The van der Waals surface area contributed by atoms with Gasteiger partial charge >= 0.3 is 0 Å². The average molecular weight is 286 g/mol. The maximum absolute atomic E-state index is 12.7. The minimum Gasteiger partial charge on any atom is -0.392 e. The summed E-state index contributed by atoms with van der Waals surface area (Å²) >= 11 is 7.08. The molecule has 1 amide bonds. The summed E-state index contributed by atoms with van der Waals surface area (Å²) in [6.07, 6.45) is 3.79. The van der Waals surface area contributed by atoms with Crippen molar-refractivity contribution in [3.05, 3.63) is 0 Å². The van der Waals surface area contributed by atoms with Gasteiger partial charge in [0.25, 0.3) is 0 Å². The molecule has 0 aromatic rings. The molecule has 1 heterocycles. The lowest BCUT2D eigenvalue weighted by atomic mass is 9.67. The van der Waals surface area contributed by atoms with Crippen LogP contribution in [0.3, 0.4) is 0 Å². The topological polar surface area (TPSA) is 46.3 Å². The Kier molecular flexibility index (Phi) is 3.93. The third kappa shape index (κ3) is 2.52. The van der Waals surface area contributed by atoms with Crippen LogP contribution < -0.4 is 5.73 Å². The van der Waals surface area contributed by atoms with Crippen LogP contribution in [-0.2, 0) is 4.79 Å². The largest absolute Gasteiger partial charge is 0.392 e. The monoisotopic (exact) mass is 286 g/mol. The summed E-state index contributed by atoms with van der Waals surface area (Å²) in [5, 5.41) is 0. The third-order valence-corrected chi connectivity index (χ3v) is 5.98. The molecule has 102 valence electrons. The third-order valence-electron chi connectivity index (χ3n) is 4.21. The molecule has 1 aliphatic heterocycles. The number of nitrogens with two attached hydrogens (primary N) is 1. The summed E-state index contributed by atoms with van der Waals surface area (Å²) in [4.78, 5) is 15.0. The molecule has 0 aromatic carbocycles. The van der Waals surface area contributed by atoms with E-state index in [1.165, 1.54) is 0 Å². The lowest BCUT2D eigenvalue weighted by Gasteiger charge is -2.42. The van der Waals surface area contributed by atoms with Crippen LogP contribution in [0.15, 0.2) is 0 Å². The molecular formula is C13H22N2OS2. The molecule has 2 N–H and O–H groups in total. The molecule has 1 saturated heterocycles. The van der Waals surface area contributed by atoms with E-state index in [-0.39, 0.29) is 10.7 Å². The Labute approximate surface area is 119 Å². The number of thiocarbonyl (C=S) groups is 1. The molecular weight excluding hydrogens is 264 g/mol. The lowest BCUT2D eigenvalue weighted by molar-refractivity contribution is -0.141. The van der Waals surface area contributed by atoms with Gasteiger partial charge in [0.2, 0.25) is 5.91 Å². The molecule has 0 spiro atoms. The SMILES string of the molecule is CC1(C)CCN(C(=O)C2(C(N)=S)CCC2)CCS1. The highest BCUT2D eigenvalue weighted by Crippen LogP contribution is 2.43. The Morgan fingerprint density at radius 1 is 1.28 bits per heavy atom. The summed E-state index contributed by atoms with van der Waals surface area (Å²) in [6, 6.07) is 0. The number of thioether (sulfide) groups is 1. The fourth-order valence-corrected chi connectivity index (χ4v) is 4.01. The van der Waals surface area contributed by atoms with E-state index in [0.717, 1.165) is 44.5 Å². The van der Waals surface area contributed by atoms with Crippen LogP contribution in [0.4, 0.5) is 0 Å². The van der Waals surface area contributed by atoms with Crippen molar-refractivity contribution in [2.45, 2.75) is 44.3 Å². The highest BCUT2D eigenvalue weighted by atomic mass is 32.2. The van der Waals surface area contributed by atoms with Gasteiger partial charge in [0, 0.05) is 23.6 Å². The first-order chi connectivity index (χ1) is 8.37. The van der Waals surface area contributed by atoms with Gasteiger partial charge in [-0.1, -0.05) is 32.5 Å². The van der Waals surface area contributed by atoms with Gasteiger partial charge in [-0.2, -0.15) is 11.8 Å². The van der Waals surface area contributed by atoms with Crippen LogP contribution in [0.25, 0.3) is 0 Å². The van der Waals surface area contributed by atoms with Crippen molar-refractivity contribution in [2.75, 3.05) is 18.8 Å². The predicted molar refractivity (Wildman–Crippen MR) is 80.8 cm³/mol. The van der Waals surface area contributed by atoms with Gasteiger partial charge in [0.15, 0.2) is 0 Å². The zero-order chi connectivity index (χ0) is 13.4. The van der Waals surface area contributed by atoms with Crippen LogP contribution in [0.2, 0.25) is 0 Å². The molecule has 0 atom stereocenters. The summed E-state index contributed by atoms with van der Waals surface area (Å²) in [5.74, 6) is 1.19. The Morgan fingerprint density at radius 3 is 2.44 bits per heavy atom. The summed E-state index contributed by atoms with van der Waals surface area (Å²) < 4.78 is 0.269. The molecule has 0 radical (unpaired) electrons. The lowest BCUT2D eigenvalue weighted by Crippen LogP contribution is -2.54. The number of carbonyl (C=O) groups is 1. The normalized spacial score (nSPS) is 26.0. The smallest absolute Gasteiger partial charge is 0.235 e. The number of hydrogen-bond acceptors (Lipinski definition) is 3. The Balaban J connectivity index is 2.07. The number of carbonyl (C=O) groups excluding carboxylic acids is 1. The van der Waals surface area contributed by atoms with Crippen LogP contribution in [0.5, 0.6) is 0 Å². The first kappa shape index (κ1) is 14.1. The molecule has 3 nitrogen and oxygen atoms in total. The van der Waals surface area contributed by atoms with Crippen molar-refractivity contribution in [1.29, 1.82) is 0 Å². The van der Waals surface area contributed by atoms with Gasteiger partial charge in [-0.15, -0.1) is 0 Å². The number of amides is 1. The highest BCUT2D eigenvalue weighted by molar-refractivity contribution is 8.00. The van der Waals surface area contributed by atoms with E-state index in [2.05, 4.69) is 13.8 Å². The van der Waals surface area contributed by atoms with Crippen molar-refractivity contribution in [3.63, 3.8) is 0 Å². The standard InChI is InChI=1S/C13H22N2OS2/c1-12(2)6-7-15(8-9-18-12)11(16)13(10(14)17)4-3-5-13/h3-9H2,1-2H3,(H2,14,17). The van der Waals surface area contributed by atoms with Gasteiger partial charge in [-0.25, -0.2) is 0 Å². The summed E-state index contributed by atoms with van der Waals surface area (Å²) in [5.41, 5.74) is 5.31. The first-order valence-corrected chi connectivity index (χ1v) is 8.00. The van der Waals surface area contributed by atoms with Crippen LogP contribution >= 0.6 is 24.0 Å². The Hall–Kier alpha value is -0.290. The van der Waals surface area contributed by atoms with Crippen molar-refractivity contribution in [1.82, 2.24) is 4.90 Å². The molecule has 1 saturated carbocycles. The predicted octanol–water partition coefficient (Wildman–Crippen LogP) is 2.19. The van der Waals surface area contributed by atoms with Gasteiger partial charge < -0.3 is 10.6 Å². The van der Waals surface area contributed by atoms with Crippen LogP contribution in [-0.4, -0.2) is 39.4 Å². The average Bonchev–Trinajstić information content (AvgIpc) is 2.36. The molecule has 5 heteroatoms. The van der Waals surface area contributed by atoms with Crippen molar-refractivity contribution in [2.24, 2.45) is 11.1 Å². The second-order valence-corrected chi connectivity index (χ2v) is 8.19. The highest BCUT2D eigenvalue weighted by Gasteiger charge is 2.49. The van der Waals surface area contributed by atoms with E-state index < -0.39 is 5.41 Å². The minimum atomic E-state index is -0.505. The van der Waals surface area contributed by atoms with E-state index in [1.807, 2.05) is 16.7 Å². The van der Waals surface area contributed by atoms with Gasteiger partial charge in [-0.3, -0.25) is 4.79 Å². The number of hydrogen-bond donors (Lipinski definition) is 1. The molecule has 2 fully saturated rings. The minimum absolute atomic E-state index is 0.180. The zero-order valence-corrected chi connectivity index (χ0v) is 12.8. The van der Waals surface area contributed by atoms with Crippen LogP contribution in [0, 0.1) is 5.41 Å². The number of rotatable bonds is 2. The van der Waals surface area contributed by atoms with E-state index in [1.54, 1.807) is 0 Å². The second kappa shape index (κ2) is 5.00. The first-order valence-electron chi connectivity index (χ1n) is 6.61. The summed E-state index contributed by atoms with van der Waals surface area (Å²) in [7, 11) is 0. The quantitative estimate of drug-likeness (QED) is 0.791. The summed E-state index contributed by atoms with van der Waals surface area (Å²) in [6.45, 7) is 6.16. The molecule has 18 heavy (non-hydrogen) atoms. The Morgan fingerprint density at radius 2 is 1.94 bits per heavy atom. The fraction of sp³-hybridized carbons (Fsp3) is 0.846.